The Hall–Kier alpha value is -4.32. The summed E-state index contributed by atoms with van der Waals surface area (Å²) in [4.78, 5) is 41.5. The quantitative estimate of drug-likeness (QED) is 0.138. The van der Waals surface area contributed by atoms with Gasteiger partial charge in [0.05, 0.1) is 54.6 Å². The summed E-state index contributed by atoms with van der Waals surface area (Å²) in [5, 5.41) is 8.09. The zero-order chi connectivity index (χ0) is 36.6. The van der Waals surface area contributed by atoms with Gasteiger partial charge in [0, 0.05) is 55.6 Å². The number of aromatic nitrogens is 2. The first-order valence-corrected chi connectivity index (χ1v) is 17.3. The number of ketones is 2. The van der Waals surface area contributed by atoms with Gasteiger partial charge in [-0.1, -0.05) is 40.0 Å². The molecule has 1 amide bonds. The average Bonchev–Trinajstić information content (AvgIpc) is 3.36. The van der Waals surface area contributed by atoms with Crippen LogP contribution in [-0.4, -0.2) is 78.2 Å². The second-order valence-electron chi connectivity index (χ2n) is 14.5. The van der Waals surface area contributed by atoms with E-state index in [4.69, 9.17) is 26.0 Å². The number of rotatable bonds is 18. The van der Waals surface area contributed by atoms with E-state index in [1.54, 1.807) is 18.2 Å². The van der Waals surface area contributed by atoms with Crippen molar-refractivity contribution in [2.45, 2.75) is 66.7 Å². The van der Waals surface area contributed by atoms with Crippen LogP contribution in [0.1, 0.15) is 85.5 Å². The molecule has 0 saturated carbocycles. The van der Waals surface area contributed by atoms with E-state index in [2.05, 4.69) is 44.1 Å². The van der Waals surface area contributed by atoms with Gasteiger partial charge in [0.15, 0.2) is 11.6 Å². The van der Waals surface area contributed by atoms with Crippen LogP contribution < -0.4 is 16.8 Å². The maximum Gasteiger partial charge on any atom is 0.250 e. The summed E-state index contributed by atoms with van der Waals surface area (Å²) in [5.74, 6) is -0.388. The molecule has 0 radical (unpaired) electrons. The van der Waals surface area contributed by atoms with Gasteiger partial charge >= 0.3 is 0 Å². The van der Waals surface area contributed by atoms with Crippen molar-refractivity contribution in [1.82, 2.24) is 14.7 Å². The fraction of sp³-hybridized carbons (Fsp3) is 0.487. The summed E-state index contributed by atoms with van der Waals surface area (Å²) in [6.07, 6.45) is 8.49. The van der Waals surface area contributed by atoms with E-state index in [1.807, 2.05) is 36.9 Å². The van der Waals surface area contributed by atoms with Gasteiger partial charge < -0.3 is 31.2 Å². The highest BCUT2D eigenvalue weighted by atomic mass is 16.5. The smallest absolute Gasteiger partial charge is 0.250 e. The number of nitrogens with one attached hydrogen (secondary N) is 1. The number of ether oxygens (including phenoxy) is 2. The molecule has 0 fully saturated rings. The summed E-state index contributed by atoms with van der Waals surface area (Å²) >= 11 is 0. The van der Waals surface area contributed by atoms with Crippen LogP contribution in [0, 0.1) is 17.8 Å². The number of carbonyl (C=O) groups is 3. The predicted molar refractivity (Wildman–Crippen MR) is 197 cm³/mol. The number of nitrogens with zero attached hydrogens (tertiary/aromatic N) is 3. The van der Waals surface area contributed by atoms with Gasteiger partial charge in [-0.2, -0.15) is 5.10 Å². The zero-order valence-electron chi connectivity index (χ0n) is 30.4. The Bertz CT molecular complexity index is 1690. The number of carbonyl (C=O) groups excluding carboxylic acids is 3. The van der Waals surface area contributed by atoms with Crippen LogP contribution >= 0.6 is 0 Å². The summed E-state index contributed by atoms with van der Waals surface area (Å²) in [5.41, 5.74) is 16.8. The number of primary amides is 1. The molecule has 2 aliphatic carbocycles. The van der Waals surface area contributed by atoms with E-state index >= 15 is 0 Å². The lowest BCUT2D eigenvalue weighted by molar-refractivity contribution is -0.118. The molecule has 2 aliphatic rings. The number of fused-ring (bicyclic) bond motifs is 1. The molecule has 1 aromatic heterocycles. The molecule has 4 rings (SSSR count). The topological polar surface area (TPSA) is 155 Å². The third kappa shape index (κ3) is 9.26. The molecule has 1 aromatic carbocycles. The fourth-order valence-electron chi connectivity index (χ4n) is 6.99. The molecule has 270 valence electrons. The van der Waals surface area contributed by atoms with Gasteiger partial charge in [-0.25, -0.2) is 4.68 Å². The average molecular weight is 687 g/mol. The predicted octanol–water partition coefficient (Wildman–Crippen LogP) is 5.43. The Morgan fingerprint density at radius 1 is 1.08 bits per heavy atom. The SMILES string of the molecule is C=CC=CN(CCC1(C)CC(=O)c2c(C)nn(-c3ccc(C(N)=O)c(NCCOCCOCCN)c3)c2C1)C1=C(C(=C)C)C(=O)CC(C)(C)C1. The van der Waals surface area contributed by atoms with Gasteiger partial charge in [0.2, 0.25) is 0 Å². The van der Waals surface area contributed by atoms with Crippen molar-refractivity contribution in [1.29, 1.82) is 0 Å². The maximum atomic E-state index is 13.8. The summed E-state index contributed by atoms with van der Waals surface area (Å²) in [6.45, 7) is 21.4. The highest BCUT2D eigenvalue weighted by Gasteiger charge is 2.40. The molecule has 1 heterocycles. The number of anilines is 1. The number of benzene rings is 1. The molecule has 0 spiro atoms. The van der Waals surface area contributed by atoms with Crippen molar-refractivity contribution in [3.8, 4) is 5.69 Å². The molecule has 0 saturated heterocycles. The molecule has 11 nitrogen and oxygen atoms in total. The summed E-state index contributed by atoms with van der Waals surface area (Å²) in [7, 11) is 0. The standard InChI is InChI=1S/C39H54N6O5/c1-8-9-15-44(31-22-38(5,6)24-33(46)35(31)26(2)3)16-12-39(7)23-32-36(34(47)25-39)27(4)43-45(32)28-10-11-29(37(41)48)30(21-28)42-14-18-50-20-19-49-17-13-40/h8-11,15,21,42H,1-2,12-14,16-20,22-25,40H2,3-7H3,(H2,41,48). The van der Waals surface area contributed by atoms with Crippen LogP contribution in [0.2, 0.25) is 0 Å². The third-order valence-corrected chi connectivity index (χ3v) is 9.31. The number of allylic oxidation sites excluding steroid dienone is 5. The lowest BCUT2D eigenvalue weighted by Gasteiger charge is -2.39. The van der Waals surface area contributed by atoms with E-state index in [0.29, 0.717) is 106 Å². The number of aryl methyl sites for hydroxylation is 1. The maximum absolute atomic E-state index is 13.8. The Morgan fingerprint density at radius 2 is 1.80 bits per heavy atom. The van der Waals surface area contributed by atoms with E-state index in [1.165, 1.54) is 0 Å². The van der Waals surface area contributed by atoms with Crippen molar-refractivity contribution in [2.75, 3.05) is 51.4 Å². The van der Waals surface area contributed by atoms with E-state index < -0.39 is 5.91 Å². The number of nitrogens with two attached hydrogens (primary N) is 2. The Kier molecular flexibility index (Phi) is 12.8. The molecule has 1 atom stereocenters. The van der Waals surface area contributed by atoms with Crippen LogP contribution in [0.4, 0.5) is 5.69 Å². The fourth-order valence-corrected chi connectivity index (χ4v) is 6.99. The van der Waals surface area contributed by atoms with E-state index in [9.17, 15) is 14.4 Å². The summed E-state index contributed by atoms with van der Waals surface area (Å²) in [6, 6.07) is 5.32. The van der Waals surface area contributed by atoms with Crippen molar-refractivity contribution in [3.63, 3.8) is 0 Å². The molecular formula is C39H54N6O5. The summed E-state index contributed by atoms with van der Waals surface area (Å²) < 4.78 is 12.8. The Labute approximate surface area is 296 Å². The van der Waals surface area contributed by atoms with Gasteiger partial charge in [0.25, 0.3) is 5.91 Å². The monoisotopic (exact) mass is 686 g/mol. The van der Waals surface area contributed by atoms with Crippen molar-refractivity contribution in [3.05, 3.63) is 89.1 Å². The third-order valence-electron chi connectivity index (χ3n) is 9.31. The molecule has 0 aliphatic heterocycles. The first kappa shape index (κ1) is 38.5. The number of hydrogen-bond acceptors (Lipinski definition) is 9. The molecule has 2 aromatic rings. The molecule has 5 N–H and O–H groups in total. The van der Waals surface area contributed by atoms with Crippen LogP contribution in [0.5, 0.6) is 0 Å². The van der Waals surface area contributed by atoms with Crippen LogP contribution in [0.15, 0.2) is 66.6 Å². The van der Waals surface area contributed by atoms with Gasteiger partial charge in [-0.15, -0.1) is 0 Å². The van der Waals surface area contributed by atoms with Crippen molar-refractivity contribution >= 4 is 23.2 Å². The lowest BCUT2D eigenvalue weighted by atomic mass is 9.71. The van der Waals surface area contributed by atoms with Gasteiger partial charge in [0.1, 0.15) is 0 Å². The normalized spacial score (nSPS) is 18.8. The Balaban J connectivity index is 1.59. The van der Waals surface area contributed by atoms with Crippen molar-refractivity contribution < 1.29 is 23.9 Å². The van der Waals surface area contributed by atoms with Gasteiger partial charge in [-0.3, -0.25) is 14.4 Å². The lowest BCUT2D eigenvalue weighted by Crippen LogP contribution is -2.36. The second-order valence-corrected chi connectivity index (χ2v) is 14.5. The minimum Gasteiger partial charge on any atom is -0.382 e. The van der Waals surface area contributed by atoms with Crippen LogP contribution in [0.3, 0.4) is 0 Å². The first-order valence-electron chi connectivity index (χ1n) is 17.3. The molecule has 11 heteroatoms. The molecule has 0 bridgehead atoms. The second kappa shape index (κ2) is 16.6. The number of hydrogen-bond donors (Lipinski definition) is 3. The highest BCUT2D eigenvalue weighted by Crippen LogP contribution is 2.43. The van der Waals surface area contributed by atoms with E-state index in [-0.39, 0.29) is 22.4 Å². The van der Waals surface area contributed by atoms with Gasteiger partial charge in [-0.05, 0) is 73.8 Å². The molecular weight excluding hydrogens is 632 g/mol. The number of amides is 1. The van der Waals surface area contributed by atoms with Crippen LogP contribution in [-0.2, 0) is 20.7 Å². The van der Waals surface area contributed by atoms with Crippen molar-refractivity contribution in [2.24, 2.45) is 22.3 Å². The number of Topliss-reactive ketones (excluding diaryl/α,β-unsaturated/α-hetero) is 2. The van der Waals surface area contributed by atoms with Crippen LogP contribution in [0.25, 0.3) is 5.69 Å². The highest BCUT2D eigenvalue weighted by molar-refractivity contribution is 6.01. The molecule has 50 heavy (non-hydrogen) atoms. The zero-order valence-corrected chi connectivity index (χ0v) is 30.4. The molecule has 1 unspecified atom stereocenters. The minimum absolute atomic E-state index is 0.0567. The largest absolute Gasteiger partial charge is 0.382 e. The van der Waals surface area contributed by atoms with E-state index in [0.717, 1.165) is 23.4 Å². The Morgan fingerprint density at radius 3 is 2.46 bits per heavy atom. The first-order chi connectivity index (χ1) is 23.7. The minimum atomic E-state index is -0.556.